The van der Waals surface area contributed by atoms with Crippen LogP contribution in [-0.2, 0) is 6.54 Å². The van der Waals surface area contributed by atoms with Crippen molar-refractivity contribution in [1.82, 2.24) is 9.78 Å². The number of carbonyl (C=O) groups is 1. The predicted octanol–water partition coefficient (Wildman–Crippen LogP) is 1.65. The third-order valence-corrected chi connectivity index (χ3v) is 1.48. The number of hydrogen-bond donors (Lipinski definition) is 0. The van der Waals surface area contributed by atoms with Gasteiger partial charge >= 0.3 is 6.18 Å². The summed E-state index contributed by atoms with van der Waals surface area (Å²) in [4.78, 5) is 10.6. The molecule has 0 bridgehead atoms. The Labute approximate surface area is 72.2 Å². The molecule has 0 saturated heterocycles. The van der Waals surface area contributed by atoms with Crippen molar-refractivity contribution in [3.05, 3.63) is 18.0 Å². The van der Waals surface area contributed by atoms with Gasteiger partial charge < -0.3 is 0 Å². The van der Waals surface area contributed by atoms with E-state index in [1.165, 1.54) is 4.68 Å². The number of alkyl halides is 3. The van der Waals surface area contributed by atoms with E-state index < -0.39 is 17.5 Å². The zero-order chi connectivity index (χ0) is 10.1. The summed E-state index contributed by atoms with van der Waals surface area (Å²) in [7, 11) is 0. The Kier molecular flexibility index (Phi) is 2.40. The van der Waals surface area contributed by atoms with Crippen LogP contribution in [0.15, 0.2) is 12.4 Å². The summed E-state index contributed by atoms with van der Waals surface area (Å²) >= 11 is 0. The van der Waals surface area contributed by atoms with Crippen molar-refractivity contribution in [2.75, 3.05) is 0 Å². The van der Waals surface area contributed by atoms with E-state index in [9.17, 15) is 18.0 Å². The highest BCUT2D eigenvalue weighted by Gasteiger charge is 2.39. The maximum atomic E-state index is 11.9. The first-order valence-corrected chi connectivity index (χ1v) is 3.59. The van der Waals surface area contributed by atoms with E-state index in [1.54, 1.807) is 6.92 Å². The van der Waals surface area contributed by atoms with E-state index in [4.69, 9.17) is 0 Å². The topological polar surface area (TPSA) is 34.9 Å². The molecule has 0 spiro atoms. The summed E-state index contributed by atoms with van der Waals surface area (Å²) in [6.45, 7) is 2.15. The minimum absolute atomic E-state index is 0.422. The lowest BCUT2D eigenvalue weighted by Gasteiger charge is -2.00. The predicted molar refractivity (Wildman–Crippen MR) is 38.3 cm³/mol. The van der Waals surface area contributed by atoms with Crippen molar-refractivity contribution in [3.8, 4) is 0 Å². The maximum Gasteiger partial charge on any atom is 0.454 e. The molecule has 1 aromatic rings. The minimum Gasteiger partial charge on any atom is -0.284 e. The number of nitrogens with zero attached hydrogens (tertiary/aromatic N) is 2. The SMILES string of the molecule is CCn1cc(C(=O)C(F)(F)F)cn1. The van der Waals surface area contributed by atoms with E-state index in [-0.39, 0.29) is 0 Å². The molecule has 0 atom stereocenters. The van der Waals surface area contributed by atoms with Crippen LogP contribution in [0.4, 0.5) is 13.2 Å². The van der Waals surface area contributed by atoms with Gasteiger partial charge in [-0.2, -0.15) is 18.3 Å². The number of carbonyl (C=O) groups excluding carboxylic acids is 1. The third kappa shape index (κ3) is 2.07. The monoisotopic (exact) mass is 192 g/mol. The highest BCUT2D eigenvalue weighted by Crippen LogP contribution is 2.20. The molecule has 0 N–H and O–H groups in total. The van der Waals surface area contributed by atoms with Crippen LogP contribution in [0.1, 0.15) is 17.3 Å². The number of rotatable bonds is 2. The van der Waals surface area contributed by atoms with Crippen molar-refractivity contribution in [1.29, 1.82) is 0 Å². The number of ketones is 1. The van der Waals surface area contributed by atoms with E-state index in [2.05, 4.69) is 5.10 Å². The van der Waals surface area contributed by atoms with Crippen LogP contribution < -0.4 is 0 Å². The number of aromatic nitrogens is 2. The molecule has 0 amide bonds. The van der Waals surface area contributed by atoms with Gasteiger partial charge in [-0.25, -0.2) is 0 Å². The second kappa shape index (κ2) is 3.20. The summed E-state index contributed by atoms with van der Waals surface area (Å²) in [5.41, 5.74) is -0.422. The average Bonchev–Trinajstić information content (AvgIpc) is 2.48. The lowest BCUT2D eigenvalue weighted by Crippen LogP contribution is -2.22. The Morgan fingerprint density at radius 3 is 2.62 bits per heavy atom. The zero-order valence-corrected chi connectivity index (χ0v) is 6.80. The van der Waals surface area contributed by atoms with E-state index in [0.717, 1.165) is 12.4 Å². The summed E-state index contributed by atoms with van der Waals surface area (Å²) in [5.74, 6) is -1.85. The van der Waals surface area contributed by atoms with Crippen molar-refractivity contribution in [2.45, 2.75) is 19.6 Å². The second-order valence-electron chi connectivity index (χ2n) is 2.41. The van der Waals surface area contributed by atoms with Crippen molar-refractivity contribution < 1.29 is 18.0 Å². The average molecular weight is 192 g/mol. The third-order valence-electron chi connectivity index (χ3n) is 1.48. The van der Waals surface area contributed by atoms with Crippen LogP contribution in [0.2, 0.25) is 0 Å². The number of hydrogen-bond acceptors (Lipinski definition) is 2. The van der Waals surface area contributed by atoms with E-state index in [1.807, 2.05) is 0 Å². The standard InChI is InChI=1S/C7H7F3N2O/c1-2-12-4-5(3-11-12)6(13)7(8,9)10/h3-4H,2H2,1H3. The number of halogens is 3. The van der Waals surface area contributed by atoms with Crippen molar-refractivity contribution in [3.63, 3.8) is 0 Å². The van der Waals surface area contributed by atoms with Gasteiger partial charge in [0.1, 0.15) is 0 Å². The van der Waals surface area contributed by atoms with Crippen LogP contribution in [0.25, 0.3) is 0 Å². The lowest BCUT2D eigenvalue weighted by atomic mass is 10.2. The van der Waals surface area contributed by atoms with Gasteiger partial charge in [0, 0.05) is 12.7 Å². The van der Waals surface area contributed by atoms with Crippen LogP contribution in [0, 0.1) is 0 Å². The van der Waals surface area contributed by atoms with E-state index in [0.29, 0.717) is 6.54 Å². The molecule has 1 heterocycles. The fourth-order valence-corrected chi connectivity index (χ4v) is 0.817. The number of aryl methyl sites for hydroxylation is 1. The van der Waals surface area contributed by atoms with Gasteiger partial charge in [0.15, 0.2) is 0 Å². The molecule has 6 heteroatoms. The van der Waals surface area contributed by atoms with Gasteiger partial charge in [0.25, 0.3) is 5.78 Å². The molecule has 3 nitrogen and oxygen atoms in total. The Morgan fingerprint density at radius 1 is 1.62 bits per heavy atom. The summed E-state index contributed by atoms with van der Waals surface area (Å²) in [6, 6.07) is 0. The Bertz CT molecular complexity index is 316. The molecule has 0 aliphatic heterocycles. The summed E-state index contributed by atoms with van der Waals surface area (Å²) in [5, 5.41) is 3.57. The van der Waals surface area contributed by atoms with Gasteiger partial charge in [-0.1, -0.05) is 0 Å². The van der Waals surface area contributed by atoms with Crippen LogP contribution in [-0.4, -0.2) is 21.7 Å². The lowest BCUT2D eigenvalue weighted by molar-refractivity contribution is -0.0885. The van der Waals surface area contributed by atoms with Gasteiger partial charge in [0.2, 0.25) is 0 Å². The molecule has 1 rings (SSSR count). The first kappa shape index (κ1) is 9.76. The Balaban J connectivity index is 2.90. The first-order chi connectivity index (χ1) is 5.95. The van der Waals surface area contributed by atoms with Gasteiger partial charge in [-0.3, -0.25) is 9.48 Å². The molecule has 0 aromatic carbocycles. The summed E-state index contributed by atoms with van der Waals surface area (Å²) in [6.07, 6.45) is -2.82. The normalized spacial score (nSPS) is 11.7. The fourth-order valence-electron chi connectivity index (χ4n) is 0.817. The Morgan fingerprint density at radius 2 is 2.23 bits per heavy atom. The molecule has 0 aliphatic carbocycles. The fraction of sp³-hybridized carbons (Fsp3) is 0.429. The smallest absolute Gasteiger partial charge is 0.284 e. The first-order valence-electron chi connectivity index (χ1n) is 3.59. The molecule has 0 unspecified atom stereocenters. The minimum atomic E-state index is -4.82. The van der Waals surface area contributed by atoms with Gasteiger partial charge in [-0.05, 0) is 6.92 Å². The molecular weight excluding hydrogens is 185 g/mol. The van der Waals surface area contributed by atoms with E-state index >= 15 is 0 Å². The molecule has 0 radical (unpaired) electrons. The highest BCUT2D eigenvalue weighted by atomic mass is 19.4. The zero-order valence-electron chi connectivity index (χ0n) is 6.80. The van der Waals surface area contributed by atoms with Crippen LogP contribution >= 0.6 is 0 Å². The van der Waals surface area contributed by atoms with Crippen LogP contribution in [0.3, 0.4) is 0 Å². The number of Topliss-reactive ketones (excluding diaryl/α,β-unsaturated/α-hetero) is 1. The van der Waals surface area contributed by atoms with Crippen molar-refractivity contribution in [2.24, 2.45) is 0 Å². The molecular formula is C7H7F3N2O. The molecule has 1 aromatic heterocycles. The summed E-state index contributed by atoms with van der Waals surface area (Å²) < 4.78 is 36.8. The van der Waals surface area contributed by atoms with Crippen LogP contribution in [0.5, 0.6) is 0 Å². The molecule has 0 aliphatic rings. The molecule has 0 fully saturated rings. The quantitative estimate of drug-likeness (QED) is 0.667. The molecule has 72 valence electrons. The van der Waals surface area contributed by atoms with Crippen molar-refractivity contribution >= 4 is 5.78 Å². The second-order valence-corrected chi connectivity index (χ2v) is 2.41. The maximum absolute atomic E-state index is 11.9. The molecule has 13 heavy (non-hydrogen) atoms. The van der Waals surface area contributed by atoms with Gasteiger partial charge in [0.05, 0.1) is 11.8 Å². The van der Waals surface area contributed by atoms with Gasteiger partial charge in [-0.15, -0.1) is 0 Å². The largest absolute Gasteiger partial charge is 0.454 e. The highest BCUT2D eigenvalue weighted by molar-refractivity contribution is 5.99. The molecule has 0 saturated carbocycles. The Hall–Kier alpha value is -1.33.